The Bertz CT molecular complexity index is 1060. The number of hydrogen-bond donors (Lipinski definition) is 2. The number of hydrogen-bond acceptors (Lipinski definition) is 4. The van der Waals surface area contributed by atoms with Crippen molar-refractivity contribution in [2.75, 3.05) is 0 Å². The lowest BCUT2D eigenvalue weighted by Gasteiger charge is -2.19. The SMILES string of the molecule is Cn1cc(Cc2cc3c([nH]c2=O)CCC(S(=O)(=O)NC2(C)CC2)=C3)cn1. The Kier molecular flexibility index (Phi) is 3.92. The number of aromatic nitrogens is 3. The van der Waals surface area contributed by atoms with Crippen molar-refractivity contribution in [3.63, 3.8) is 0 Å². The van der Waals surface area contributed by atoms with Crippen LogP contribution in [0.25, 0.3) is 6.08 Å². The minimum Gasteiger partial charge on any atom is -0.325 e. The Hall–Kier alpha value is -2.19. The van der Waals surface area contributed by atoms with Gasteiger partial charge in [-0.2, -0.15) is 5.10 Å². The van der Waals surface area contributed by atoms with Crippen LogP contribution in [0.1, 0.15) is 48.6 Å². The molecular weight excluding hydrogens is 352 g/mol. The minimum atomic E-state index is -3.49. The molecular formula is C18H22N4O3S. The molecule has 0 spiro atoms. The molecule has 0 saturated heterocycles. The summed E-state index contributed by atoms with van der Waals surface area (Å²) in [6.45, 7) is 1.92. The van der Waals surface area contributed by atoms with E-state index in [1.807, 2.05) is 20.2 Å². The maximum absolute atomic E-state index is 12.6. The van der Waals surface area contributed by atoms with Crippen LogP contribution in [0.2, 0.25) is 0 Å². The smallest absolute Gasteiger partial charge is 0.251 e. The highest BCUT2D eigenvalue weighted by molar-refractivity contribution is 7.93. The van der Waals surface area contributed by atoms with E-state index in [0.29, 0.717) is 29.7 Å². The van der Waals surface area contributed by atoms with E-state index in [0.717, 1.165) is 29.7 Å². The Morgan fingerprint density at radius 3 is 2.77 bits per heavy atom. The summed E-state index contributed by atoms with van der Waals surface area (Å²) in [7, 11) is -1.67. The second kappa shape index (κ2) is 5.92. The van der Waals surface area contributed by atoms with Crippen molar-refractivity contribution in [3.8, 4) is 0 Å². The van der Waals surface area contributed by atoms with Gasteiger partial charge in [-0.05, 0) is 55.9 Å². The van der Waals surface area contributed by atoms with Gasteiger partial charge in [0.15, 0.2) is 0 Å². The van der Waals surface area contributed by atoms with Crippen LogP contribution < -0.4 is 10.3 Å². The molecule has 2 aromatic rings. The second-order valence-corrected chi connectivity index (χ2v) is 9.27. The fourth-order valence-electron chi connectivity index (χ4n) is 3.27. The van der Waals surface area contributed by atoms with E-state index in [-0.39, 0.29) is 11.1 Å². The number of rotatable bonds is 5. The zero-order valence-corrected chi connectivity index (χ0v) is 15.7. The van der Waals surface area contributed by atoms with Crippen LogP contribution >= 0.6 is 0 Å². The van der Waals surface area contributed by atoms with Crippen molar-refractivity contribution < 1.29 is 8.42 Å². The Balaban J connectivity index is 1.66. The summed E-state index contributed by atoms with van der Waals surface area (Å²) >= 11 is 0. The van der Waals surface area contributed by atoms with Crippen LogP contribution in [0.4, 0.5) is 0 Å². The van der Waals surface area contributed by atoms with Gasteiger partial charge in [0.05, 0.1) is 11.1 Å². The van der Waals surface area contributed by atoms with Gasteiger partial charge in [0.25, 0.3) is 5.56 Å². The molecule has 26 heavy (non-hydrogen) atoms. The first-order valence-corrected chi connectivity index (χ1v) is 10.2. The molecule has 0 atom stereocenters. The maximum Gasteiger partial charge on any atom is 0.251 e. The first-order chi connectivity index (χ1) is 12.2. The molecule has 1 fully saturated rings. The van der Waals surface area contributed by atoms with Crippen LogP contribution in [0.3, 0.4) is 0 Å². The number of aromatic amines is 1. The number of nitrogens with zero attached hydrogens (tertiary/aromatic N) is 2. The standard InChI is InChI=1S/C18H22N4O3S/c1-18(5-6-18)21-26(24,25)15-3-4-16-13(9-15)8-14(17(23)20-16)7-12-10-19-22(2)11-12/h8-11,21H,3-7H2,1-2H3,(H,20,23). The highest BCUT2D eigenvalue weighted by Crippen LogP contribution is 2.37. The molecule has 4 rings (SSSR count). The number of sulfonamides is 1. The predicted octanol–water partition coefficient (Wildman–Crippen LogP) is 1.46. The third kappa shape index (κ3) is 3.39. The number of pyridine rings is 1. The highest BCUT2D eigenvalue weighted by Gasteiger charge is 2.42. The highest BCUT2D eigenvalue weighted by atomic mass is 32.2. The number of allylic oxidation sites excluding steroid dienone is 1. The van der Waals surface area contributed by atoms with E-state index in [2.05, 4.69) is 14.8 Å². The van der Waals surface area contributed by atoms with E-state index in [9.17, 15) is 13.2 Å². The fourth-order valence-corrected chi connectivity index (χ4v) is 4.90. The molecule has 0 radical (unpaired) electrons. The summed E-state index contributed by atoms with van der Waals surface area (Å²) in [5.74, 6) is 0. The average molecular weight is 374 g/mol. The largest absolute Gasteiger partial charge is 0.325 e. The monoisotopic (exact) mass is 374 g/mol. The normalized spacial score (nSPS) is 18.3. The zero-order chi connectivity index (χ0) is 18.5. The molecule has 0 aliphatic heterocycles. The molecule has 0 amide bonds. The topological polar surface area (TPSA) is 96.9 Å². The lowest BCUT2D eigenvalue weighted by atomic mass is 9.99. The third-order valence-corrected chi connectivity index (χ3v) is 6.82. The van der Waals surface area contributed by atoms with Gasteiger partial charge < -0.3 is 4.98 Å². The second-order valence-electron chi connectivity index (χ2n) is 7.53. The van der Waals surface area contributed by atoms with Crippen LogP contribution in [-0.4, -0.2) is 28.7 Å². The number of fused-ring (bicyclic) bond motifs is 1. The van der Waals surface area contributed by atoms with Gasteiger partial charge in [-0.1, -0.05) is 0 Å². The predicted molar refractivity (Wildman–Crippen MR) is 99.1 cm³/mol. The van der Waals surface area contributed by atoms with Crippen molar-refractivity contribution in [1.82, 2.24) is 19.5 Å². The Morgan fingerprint density at radius 1 is 1.35 bits per heavy atom. The van der Waals surface area contributed by atoms with Crippen molar-refractivity contribution in [2.24, 2.45) is 7.05 Å². The van der Waals surface area contributed by atoms with Gasteiger partial charge in [-0.15, -0.1) is 0 Å². The zero-order valence-electron chi connectivity index (χ0n) is 14.9. The fraction of sp³-hybridized carbons (Fsp3) is 0.444. The van der Waals surface area contributed by atoms with Crippen LogP contribution in [0.15, 0.2) is 28.2 Å². The lowest BCUT2D eigenvalue weighted by molar-refractivity contribution is 0.562. The maximum atomic E-state index is 12.6. The summed E-state index contributed by atoms with van der Waals surface area (Å²) in [4.78, 5) is 15.6. The van der Waals surface area contributed by atoms with E-state index in [4.69, 9.17) is 0 Å². The van der Waals surface area contributed by atoms with E-state index < -0.39 is 10.0 Å². The lowest BCUT2D eigenvalue weighted by Crippen LogP contribution is -2.35. The van der Waals surface area contributed by atoms with Crippen LogP contribution in [0, 0.1) is 0 Å². The molecule has 2 aliphatic rings. The van der Waals surface area contributed by atoms with Gasteiger partial charge >= 0.3 is 0 Å². The summed E-state index contributed by atoms with van der Waals surface area (Å²) in [6, 6.07) is 1.80. The molecule has 1 saturated carbocycles. The summed E-state index contributed by atoms with van der Waals surface area (Å²) < 4.78 is 29.8. The van der Waals surface area contributed by atoms with Gasteiger partial charge in [0.2, 0.25) is 10.0 Å². The summed E-state index contributed by atoms with van der Waals surface area (Å²) in [5, 5.41) is 4.12. The van der Waals surface area contributed by atoms with Crippen molar-refractivity contribution in [3.05, 3.63) is 56.1 Å². The van der Waals surface area contributed by atoms with Crippen LogP contribution in [0.5, 0.6) is 0 Å². The third-order valence-electron chi connectivity index (χ3n) is 5.05. The van der Waals surface area contributed by atoms with Gasteiger partial charge in [-0.25, -0.2) is 13.1 Å². The molecule has 2 aromatic heterocycles. The molecule has 138 valence electrons. The molecule has 0 bridgehead atoms. The summed E-state index contributed by atoms with van der Waals surface area (Å²) in [5.41, 5.74) is 2.69. The summed E-state index contributed by atoms with van der Waals surface area (Å²) in [6.07, 6.45) is 8.41. The minimum absolute atomic E-state index is 0.129. The number of aryl methyl sites for hydroxylation is 2. The molecule has 8 heteroatoms. The van der Waals surface area contributed by atoms with Gasteiger partial charge in [-0.3, -0.25) is 9.48 Å². The Labute approximate surface area is 152 Å². The first-order valence-electron chi connectivity index (χ1n) is 8.71. The molecule has 2 N–H and O–H groups in total. The van der Waals surface area contributed by atoms with Crippen LogP contribution in [-0.2, 0) is 29.9 Å². The van der Waals surface area contributed by atoms with Crippen molar-refractivity contribution >= 4 is 16.1 Å². The van der Waals surface area contributed by atoms with Gasteiger partial charge in [0, 0.05) is 36.5 Å². The molecule has 7 nitrogen and oxygen atoms in total. The molecule has 2 heterocycles. The number of nitrogens with one attached hydrogen (secondary N) is 2. The molecule has 2 aliphatic carbocycles. The quantitative estimate of drug-likeness (QED) is 0.828. The Morgan fingerprint density at radius 2 is 2.12 bits per heavy atom. The number of H-pyrrole nitrogens is 1. The van der Waals surface area contributed by atoms with E-state index in [1.165, 1.54) is 0 Å². The first kappa shape index (κ1) is 17.2. The molecule has 0 aromatic carbocycles. The van der Waals surface area contributed by atoms with Crippen molar-refractivity contribution in [2.45, 2.75) is 44.6 Å². The van der Waals surface area contributed by atoms with E-state index in [1.54, 1.807) is 23.0 Å². The van der Waals surface area contributed by atoms with Gasteiger partial charge in [0.1, 0.15) is 0 Å². The molecule has 0 unspecified atom stereocenters. The average Bonchev–Trinajstić information content (AvgIpc) is 3.13. The van der Waals surface area contributed by atoms with E-state index >= 15 is 0 Å². The van der Waals surface area contributed by atoms with Crippen molar-refractivity contribution in [1.29, 1.82) is 0 Å².